The van der Waals surface area contributed by atoms with E-state index in [1.807, 2.05) is 0 Å². The van der Waals surface area contributed by atoms with E-state index >= 15 is 0 Å². The summed E-state index contributed by atoms with van der Waals surface area (Å²) in [4.78, 5) is 22.1. The monoisotopic (exact) mass is 259 g/mol. The van der Waals surface area contributed by atoms with E-state index in [0.29, 0.717) is 4.47 Å². The summed E-state index contributed by atoms with van der Waals surface area (Å²) in [5, 5.41) is 0. The Morgan fingerprint density at radius 1 is 1.64 bits per heavy atom. The number of pyridine rings is 1. The fraction of sp³-hybridized carbons (Fsp3) is 0.250. The maximum atomic E-state index is 11.4. The van der Waals surface area contributed by atoms with Gasteiger partial charge < -0.3 is 16.0 Å². The topological polar surface area (TPSA) is 91.1 Å². The molecule has 0 aromatic carbocycles. The minimum atomic E-state index is -0.845. The summed E-state index contributed by atoms with van der Waals surface area (Å²) in [7, 11) is 0. The summed E-state index contributed by atoms with van der Waals surface area (Å²) in [5.41, 5.74) is 10.2. The molecule has 1 atom stereocenters. The van der Waals surface area contributed by atoms with Crippen molar-refractivity contribution in [2.24, 2.45) is 11.5 Å². The van der Waals surface area contributed by atoms with Gasteiger partial charge in [0.15, 0.2) is 0 Å². The van der Waals surface area contributed by atoms with Crippen molar-refractivity contribution in [1.82, 2.24) is 4.57 Å². The number of amides is 1. The molecule has 1 rings (SSSR count). The fourth-order valence-corrected chi connectivity index (χ4v) is 1.33. The molecule has 0 fully saturated rings. The van der Waals surface area contributed by atoms with Crippen molar-refractivity contribution in [2.45, 2.75) is 12.6 Å². The summed E-state index contributed by atoms with van der Waals surface area (Å²) >= 11 is 3.08. The Bertz CT molecular complexity index is 402. The molecular formula is C8H10BrN3O2. The second-order valence-electron chi connectivity index (χ2n) is 2.82. The van der Waals surface area contributed by atoms with Gasteiger partial charge in [-0.2, -0.15) is 0 Å². The highest BCUT2D eigenvalue weighted by molar-refractivity contribution is 9.10. The molecule has 0 saturated carbocycles. The fourth-order valence-electron chi connectivity index (χ4n) is 0.953. The Morgan fingerprint density at radius 2 is 2.29 bits per heavy atom. The minimum absolute atomic E-state index is 0.0909. The third-order valence-corrected chi connectivity index (χ3v) is 2.34. The van der Waals surface area contributed by atoms with Crippen LogP contribution in [0.3, 0.4) is 0 Å². The number of carbonyl (C=O) groups is 1. The van der Waals surface area contributed by atoms with Crippen LogP contribution in [-0.4, -0.2) is 16.5 Å². The maximum absolute atomic E-state index is 11.4. The van der Waals surface area contributed by atoms with Crippen LogP contribution in [0.1, 0.15) is 0 Å². The Labute approximate surface area is 88.8 Å². The number of rotatable bonds is 3. The zero-order valence-corrected chi connectivity index (χ0v) is 8.90. The van der Waals surface area contributed by atoms with Crippen molar-refractivity contribution < 1.29 is 4.79 Å². The first-order chi connectivity index (χ1) is 6.52. The first-order valence-corrected chi connectivity index (χ1v) is 4.71. The number of hydrogen-bond acceptors (Lipinski definition) is 3. The molecule has 1 heterocycles. The minimum Gasteiger partial charge on any atom is -0.368 e. The number of carbonyl (C=O) groups excluding carboxylic acids is 1. The maximum Gasteiger partial charge on any atom is 0.264 e. The lowest BCUT2D eigenvalue weighted by Gasteiger charge is -2.09. The SMILES string of the molecule is NC(=O)C(N)Cn1cccc(Br)c1=O. The Morgan fingerprint density at radius 3 is 2.86 bits per heavy atom. The summed E-state index contributed by atoms with van der Waals surface area (Å²) in [5.74, 6) is -0.628. The van der Waals surface area contributed by atoms with Crippen molar-refractivity contribution in [1.29, 1.82) is 0 Å². The summed E-state index contributed by atoms with van der Waals surface area (Å²) < 4.78 is 1.76. The van der Waals surface area contributed by atoms with E-state index in [1.165, 1.54) is 4.57 Å². The van der Waals surface area contributed by atoms with Crippen molar-refractivity contribution in [2.75, 3.05) is 0 Å². The zero-order valence-electron chi connectivity index (χ0n) is 7.31. The van der Waals surface area contributed by atoms with E-state index in [-0.39, 0.29) is 12.1 Å². The van der Waals surface area contributed by atoms with E-state index in [4.69, 9.17) is 11.5 Å². The van der Waals surface area contributed by atoms with E-state index in [0.717, 1.165) is 0 Å². The molecule has 0 radical (unpaired) electrons. The van der Waals surface area contributed by atoms with Gasteiger partial charge in [-0.1, -0.05) is 0 Å². The van der Waals surface area contributed by atoms with Crippen LogP contribution in [0.5, 0.6) is 0 Å². The lowest BCUT2D eigenvalue weighted by Crippen LogP contribution is -2.42. The van der Waals surface area contributed by atoms with Crippen LogP contribution in [-0.2, 0) is 11.3 Å². The highest BCUT2D eigenvalue weighted by Crippen LogP contribution is 2.00. The number of halogens is 1. The van der Waals surface area contributed by atoms with Crippen LogP contribution >= 0.6 is 15.9 Å². The number of aromatic nitrogens is 1. The van der Waals surface area contributed by atoms with Crippen molar-refractivity contribution >= 4 is 21.8 Å². The van der Waals surface area contributed by atoms with Gasteiger partial charge in [-0.05, 0) is 28.1 Å². The van der Waals surface area contributed by atoms with Gasteiger partial charge in [-0.3, -0.25) is 9.59 Å². The molecule has 0 aliphatic carbocycles. The van der Waals surface area contributed by atoms with E-state index in [1.54, 1.807) is 18.3 Å². The highest BCUT2D eigenvalue weighted by atomic mass is 79.9. The van der Waals surface area contributed by atoms with Gasteiger partial charge in [0.05, 0.1) is 4.47 Å². The van der Waals surface area contributed by atoms with Gasteiger partial charge in [0.2, 0.25) is 5.91 Å². The lowest BCUT2D eigenvalue weighted by molar-refractivity contribution is -0.119. The van der Waals surface area contributed by atoms with Crippen LogP contribution in [0.4, 0.5) is 0 Å². The molecule has 76 valence electrons. The molecule has 1 aromatic heterocycles. The van der Waals surface area contributed by atoms with Crippen LogP contribution in [0.2, 0.25) is 0 Å². The zero-order chi connectivity index (χ0) is 10.7. The van der Waals surface area contributed by atoms with Gasteiger partial charge in [-0.15, -0.1) is 0 Å². The first-order valence-electron chi connectivity index (χ1n) is 3.92. The smallest absolute Gasteiger partial charge is 0.264 e. The second-order valence-corrected chi connectivity index (χ2v) is 3.68. The third kappa shape index (κ3) is 2.43. The van der Waals surface area contributed by atoms with Crippen LogP contribution in [0.25, 0.3) is 0 Å². The molecule has 5 nitrogen and oxygen atoms in total. The van der Waals surface area contributed by atoms with Gasteiger partial charge in [0, 0.05) is 12.7 Å². The van der Waals surface area contributed by atoms with Crippen LogP contribution in [0, 0.1) is 0 Å². The molecule has 6 heteroatoms. The Hall–Kier alpha value is -1.14. The molecule has 1 unspecified atom stereocenters. The predicted molar refractivity (Wildman–Crippen MR) is 55.6 cm³/mol. The average Bonchev–Trinajstić information content (AvgIpc) is 2.12. The highest BCUT2D eigenvalue weighted by Gasteiger charge is 2.10. The number of hydrogen-bond donors (Lipinski definition) is 2. The third-order valence-electron chi connectivity index (χ3n) is 1.73. The number of nitrogens with zero attached hydrogens (tertiary/aromatic N) is 1. The number of nitrogens with two attached hydrogens (primary N) is 2. The molecule has 0 aliphatic heterocycles. The van der Waals surface area contributed by atoms with Gasteiger partial charge in [-0.25, -0.2) is 0 Å². The molecule has 14 heavy (non-hydrogen) atoms. The quantitative estimate of drug-likeness (QED) is 0.761. The molecule has 0 saturated heterocycles. The second kappa shape index (κ2) is 4.39. The molecule has 0 spiro atoms. The lowest BCUT2D eigenvalue weighted by atomic mass is 10.3. The molecule has 4 N–H and O–H groups in total. The van der Waals surface area contributed by atoms with Crippen LogP contribution in [0.15, 0.2) is 27.6 Å². The van der Waals surface area contributed by atoms with Crippen LogP contribution < -0.4 is 17.0 Å². The largest absolute Gasteiger partial charge is 0.368 e. The first kappa shape index (κ1) is 10.9. The molecule has 1 aromatic rings. The average molecular weight is 260 g/mol. The summed E-state index contributed by atoms with van der Waals surface area (Å²) in [6.45, 7) is 0.0909. The van der Waals surface area contributed by atoms with Crippen molar-refractivity contribution in [3.8, 4) is 0 Å². The molecule has 0 aliphatic rings. The predicted octanol–water partition coefficient (Wildman–Crippen LogP) is -0.577. The molecule has 1 amide bonds. The molecule has 0 bridgehead atoms. The van der Waals surface area contributed by atoms with Crippen molar-refractivity contribution in [3.05, 3.63) is 33.2 Å². The number of primary amides is 1. The normalized spacial score (nSPS) is 12.4. The molecular weight excluding hydrogens is 250 g/mol. The standard InChI is InChI=1S/C8H10BrN3O2/c9-5-2-1-3-12(8(5)14)4-6(10)7(11)13/h1-3,6H,4,10H2,(H2,11,13). The summed E-state index contributed by atoms with van der Waals surface area (Å²) in [6, 6.07) is 2.45. The van der Waals surface area contributed by atoms with E-state index in [2.05, 4.69) is 15.9 Å². The van der Waals surface area contributed by atoms with Gasteiger partial charge in [0.1, 0.15) is 6.04 Å². The van der Waals surface area contributed by atoms with E-state index < -0.39 is 11.9 Å². The van der Waals surface area contributed by atoms with Gasteiger partial charge in [0.25, 0.3) is 5.56 Å². The van der Waals surface area contributed by atoms with E-state index in [9.17, 15) is 9.59 Å². The Kier molecular flexibility index (Phi) is 3.43. The Balaban J connectivity index is 2.93. The summed E-state index contributed by atoms with van der Waals surface area (Å²) in [6.07, 6.45) is 1.55. The van der Waals surface area contributed by atoms with Crippen molar-refractivity contribution in [3.63, 3.8) is 0 Å². The van der Waals surface area contributed by atoms with Gasteiger partial charge >= 0.3 is 0 Å².